The van der Waals surface area contributed by atoms with E-state index >= 15 is 0 Å². The van der Waals surface area contributed by atoms with E-state index < -0.39 is 0 Å². The Morgan fingerprint density at radius 1 is 1.22 bits per heavy atom. The highest BCUT2D eigenvalue weighted by Gasteiger charge is 2.05. The van der Waals surface area contributed by atoms with Crippen molar-refractivity contribution in [1.29, 1.82) is 0 Å². The van der Waals surface area contributed by atoms with Gasteiger partial charge in [-0.05, 0) is 12.1 Å². The molecule has 6 heteroatoms. The van der Waals surface area contributed by atoms with Crippen molar-refractivity contribution in [3.63, 3.8) is 0 Å². The van der Waals surface area contributed by atoms with Crippen LogP contribution in [0.3, 0.4) is 0 Å². The maximum atomic E-state index is 4.91. The van der Waals surface area contributed by atoms with E-state index in [0.29, 0.717) is 6.54 Å². The summed E-state index contributed by atoms with van der Waals surface area (Å²) in [5.41, 5.74) is 2.69. The summed E-state index contributed by atoms with van der Waals surface area (Å²) in [5, 5.41) is 8.20. The highest BCUT2D eigenvalue weighted by atomic mass is 79.9. The van der Waals surface area contributed by atoms with Gasteiger partial charge in [0.2, 0.25) is 0 Å². The van der Waals surface area contributed by atoms with Gasteiger partial charge in [-0.25, -0.2) is 9.67 Å². The van der Waals surface area contributed by atoms with E-state index in [1.165, 1.54) is 6.39 Å². The summed E-state index contributed by atoms with van der Waals surface area (Å²) in [4.78, 5) is 4.04. The molecule has 0 amide bonds. The largest absolute Gasteiger partial charge is 0.451 e. The zero-order valence-corrected chi connectivity index (χ0v) is 10.9. The van der Waals surface area contributed by atoms with Crippen LogP contribution < -0.4 is 0 Å². The third-order valence-electron chi connectivity index (χ3n) is 2.49. The van der Waals surface area contributed by atoms with Gasteiger partial charge >= 0.3 is 0 Å². The number of rotatable bonds is 3. The molecule has 3 aromatic rings. The molecule has 2 aromatic heterocycles. The molecule has 5 nitrogen and oxygen atoms in total. The summed E-state index contributed by atoms with van der Waals surface area (Å²) in [6.45, 7) is 0.556. The van der Waals surface area contributed by atoms with Crippen LogP contribution >= 0.6 is 15.9 Å². The van der Waals surface area contributed by atoms with Gasteiger partial charge in [-0.1, -0.05) is 33.3 Å². The lowest BCUT2D eigenvalue weighted by Gasteiger charge is -1.95. The topological polar surface area (TPSA) is 56.7 Å². The van der Waals surface area contributed by atoms with Crippen LogP contribution in [0.25, 0.3) is 11.3 Å². The standard InChI is InChI=1S/C12H9BrN4O/c13-10-3-1-9(2-4-10)12-6-17(16-15-12)5-11-7-18-8-14-11/h1-4,6-8H,5H2. The van der Waals surface area contributed by atoms with Gasteiger partial charge in [0.1, 0.15) is 17.7 Å². The maximum absolute atomic E-state index is 4.91. The first-order valence-corrected chi connectivity index (χ1v) is 6.14. The van der Waals surface area contributed by atoms with Crippen LogP contribution in [0.5, 0.6) is 0 Å². The molecular weight excluding hydrogens is 296 g/mol. The second-order valence-electron chi connectivity index (χ2n) is 3.79. The van der Waals surface area contributed by atoms with Gasteiger partial charge in [-0.2, -0.15) is 0 Å². The Labute approximate surface area is 112 Å². The third kappa shape index (κ3) is 2.33. The van der Waals surface area contributed by atoms with Gasteiger partial charge in [0.15, 0.2) is 6.39 Å². The minimum atomic E-state index is 0.556. The average molecular weight is 305 g/mol. The molecule has 0 saturated heterocycles. The first-order chi connectivity index (χ1) is 8.81. The number of aromatic nitrogens is 4. The number of oxazole rings is 1. The van der Waals surface area contributed by atoms with Crippen molar-refractivity contribution >= 4 is 15.9 Å². The molecule has 0 aliphatic carbocycles. The molecule has 0 fully saturated rings. The summed E-state index contributed by atoms with van der Waals surface area (Å²) < 4.78 is 7.69. The molecule has 0 atom stereocenters. The van der Waals surface area contributed by atoms with Crippen LogP contribution in [0.1, 0.15) is 5.69 Å². The van der Waals surface area contributed by atoms with Crippen LogP contribution in [-0.2, 0) is 6.54 Å². The smallest absolute Gasteiger partial charge is 0.180 e. The zero-order valence-electron chi connectivity index (χ0n) is 9.32. The summed E-state index contributed by atoms with van der Waals surface area (Å²) in [5.74, 6) is 0. The molecule has 2 heterocycles. The van der Waals surface area contributed by atoms with Gasteiger partial charge in [0.05, 0.1) is 12.7 Å². The van der Waals surface area contributed by atoms with Crippen molar-refractivity contribution in [3.05, 3.63) is 53.3 Å². The van der Waals surface area contributed by atoms with Crippen molar-refractivity contribution in [1.82, 2.24) is 20.0 Å². The Bertz CT molecular complexity index is 630. The molecular formula is C12H9BrN4O. The van der Waals surface area contributed by atoms with Crippen LogP contribution in [0.4, 0.5) is 0 Å². The Morgan fingerprint density at radius 3 is 2.78 bits per heavy atom. The molecule has 0 saturated carbocycles. The van der Waals surface area contributed by atoms with Crippen molar-refractivity contribution < 1.29 is 4.42 Å². The van der Waals surface area contributed by atoms with E-state index in [-0.39, 0.29) is 0 Å². The normalized spacial score (nSPS) is 10.7. The lowest BCUT2D eigenvalue weighted by atomic mass is 10.2. The molecule has 18 heavy (non-hydrogen) atoms. The number of hydrogen-bond donors (Lipinski definition) is 0. The first kappa shape index (κ1) is 11.2. The van der Waals surface area contributed by atoms with Crippen LogP contribution in [0.15, 0.2) is 52.0 Å². The van der Waals surface area contributed by atoms with Gasteiger partial charge < -0.3 is 4.42 Å². The second kappa shape index (κ2) is 4.73. The van der Waals surface area contributed by atoms with E-state index in [1.807, 2.05) is 30.5 Å². The summed E-state index contributed by atoms with van der Waals surface area (Å²) in [7, 11) is 0. The lowest BCUT2D eigenvalue weighted by molar-refractivity contribution is 0.553. The van der Waals surface area contributed by atoms with Crippen molar-refractivity contribution in [2.75, 3.05) is 0 Å². The maximum Gasteiger partial charge on any atom is 0.180 e. The van der Waals surface area contributed by atoms with Crippen molar-refractivity contribution in [2.24, 2.45) is 0 Å². The van der Waals surface area contributed by atoms with Crippen LogP contribution in [-0.4, -0.2) is 20.0 Å². The van der Waals surface area contributed by atoms with E-state index in [4.69, 9.17) is 4.42 Å². The van der Waals surface area contributed by atoms with Crippen LogP contribution in [0.2, 0.25) is 0 Å². The molecule has 1 aromatic carbocycles. The Morgan fingerprint density at radius 2 is 2.06 bits per heavy atom. The highest BCUT2D eigenvalue weighted by Crippen LogP contribution is 2.19. The van der Waals surface area contributed by atoms with Crippen molar-refractivity contribution in [2.45, 2.75) is 6.54 Å². The average Bonchev–Trinajstić information content (AvgIpc) is 3.02. The fraction of sp³-hybridized carbons (Fsp3) is 0.0833. The van der Waals surface area contributed by atoms with E-state index in [9.17, 15) is 0 Å². The molecule has 90 valence electrons. The van der Waals surface area contributed by atoms with Gasteiger partial charge in [0, 0.05) is 10.0 Å². The number of hydrogen-bond acceptors (Lipinski definition) is 4. The molecule has 0 spiro atoms. The molecule has 0 radical (unpaired) electrons. The third-order valence-corrected chi connectivity index (χ3v) is 3.01. The van der Waals surface area contributed by atoms with E-state index in [0.717, 1.165) is 21.4 Å². The fourth-order valence-corrected chi connectivity index (χ4v) is 1.87. The Balaban J connectivity index is 1.83. The van der Waals surface area contributed by atoms with Crippen LogP contribution in [0, 0.1) is 0 Å². The van der Waals surface area contributed by atoms with Crippen molar-refractivity contribution in [3.8, 4) is 11.3 Å². The molecule has 0 aliphatic rings. The van der Waals surface area contributed by atoms with E-state index in [1.54, 1.807) is 10.9 Å². The molecule has 0 N–H and O–H groups in total. The number of halogens is 1. The van der Waals surface area contributed by atoms with Gasteiger partial charge in [0.25, 0.3) is 0 Å². The number of nitrogens with zero attached hydrogens (tertiary/aromatic N) is 4. The summed E-state index contributed by atoms with van der Waals surface area (Å²) >= 11 is 3.40. The predicted octanol–water partition coefficient (Wildman–Crippen LogP) is 2.74. The zero-order chi connectivity index (χ0) is 12.4. The predicted molar refractivity (Wildman–Crippen MR) is 68.8 cm³/mol. The number of benzene rings is 1. The van der Waals surface area contributed by atoms with Gasteiger partial charge in [-0.3, -0.25) is 0 Å². The second-order valence-corrected chi connectivity index (χ2v) is 4.70. The lowest BCUT2D eigenvalue weighted by Crippen LogP contribution is -2.00. The SMILES string of the molecule is Brc1ccc(-c2cn(Cc3cocn3)nn2)cc1. The van der Waals surface area contributed by atoms with Gasteiger partial charge in [-0.15, -0.1) is 5.10 Å². The molecule has 0 unspecified atom stereocenters. The van der Waals surface area contributed by atoms with E-state index in [2.05, 4.69) is 31.2 Å². The monoisotopic (exact) mass is 304 g/mol. The fourth-order valence-electron chi connectivity index (χ4n) is 1.61. The minimum absolute atomic E-state index is 0.556. The minimum Gasteiger partial charge on any atom is -0.451 e. The molecule has 3 rings (SSSR count). The molecule has 0 bridgehead atoms. The summed E-state index contributed by atoms with van der Waals surface area (Å²) in [6, 6.07) is 7.95. The Hall–Kier alpha value is -1.95. The summed E-state index contributed by atoms with van der Waals surface area (Å²) in [6.07, 6.45) is 4.89. The quantitative estimate of drug-likeness (QED) is 0.746. The molecule has 0 aliphatic heterocycles. The highest BCUT2D eigenvalue weighted by molar-refractivity contribution is 9.10. The first-order valence-electron chi connectivity index (χ1n) is 5.34. The Kier molecular flexibility index (Phi) is 2.93.